The number of nitrogens with one attached hydrogen (secondary N) is 1. The minimum Gasteiger partial charge on any atom is -0.472 e. The lowest BCUT2D eigenvalue weighted by Crippen LogP contribution is -2.69. The van der Waals surface area contributed by atoms with Gasteiger partial charge in [0, 0.05) is 47.5 Å². The number of nitrogens with zero attached hydrogens (tertiary/aromatic N) is 4. The van der Waals surface area contributed by atoms with E-state index in [1.54, 1.807) is 13.8 Å². The van der Waals surface area contributed by atoms with E-state index in [0.29, 0.717) is 35.1 Å². The Hall–Kier alpha value is -3.45. The number of likely N-dealkylation sites (N-methyl/N-ethyl adjacent to an activating group) is 1. The third-order valence-electron chi connectivity index (χ3n) is 8.40. The second kappa shape index (κ2) is 9.28. The van der Waals surface area contributed by atoms with Gasteiger partial charge in [-0.05, 0) is 59.3 Å². The van der Waals surface area contributed by atoms with E-state index < -0.39 is 41.1 Å². The molecular formula is C28H31F5N6O2. The van der Waals surface area contributed by atoms with Crippen molar-refractivity contribution >= 4 is 22.3 Å². The highest BCUT2D eigenvalue weighted by Crippen LogP contribution is 2.48. The second-order valence-corrected chi connectivity index (χ2v) is 11.7. The Bertz CT molecular complexity index is 1560. The molecule has 8 nitrogen and oxygen atoms in total. The minimum absolute atomic E-state index is 0.00206. The van der Waals surface area contributed by atoms with E-state index in [9.17, 15) is 17.6 Å². The molecule has 1 aromatic carbocycles. The molecule has 3 aliphatic rings. The molecule has 3 aliphatic heterocycles. The summed E-state index contributed by atoms with van der Waals surface area (Å²) in [5.41, 5.74) is 5.21. The maximum atomic E-state index is 16.6. The number of pyridine rings is 2. The van der Waals surface area contributed by atoms with Gasteiger partial charge in [0.25, 0.3) is 0 Å². The molecule has 3 aromatic rings. The van der Waals surface area contributed by atoms with Gasteiger partial charge in [0.05, 0.1) is 17.0 Å². The number of hydrogen-bond donors (Lipinski definition) is 2. The van der Waals surface area contributed by atoms with Gasteiger partial charge in [-0.2, -0.15) is 0 Å². The van der Waals surface area contributed by atoms with Crippen LogP contribution < -0.4 is 25.4 Å². The molecular weight excluding hydrogens is 547 g/mol. The Morgan fingerprint density at radius 2 is 1.93 bits per heavy atom. The zero-order valence-electron chi connectivity index (χ0n) is 23.3. The number of benzene rings is 1. The summed E-state index contributed by atoms with van der Waals surface area (Å²) in [6.45, 7) is 6.69. The smallest absolute Gasteiger partial charge is 0.472 e. The fourth-order valence-electron chi connectivity index (χ4n) is 6.88. The molecule has 5 heterocycles. The largest absolute Gasteiger partial charge is 0.573 e. The van der Waals surface area contributed by atoms with Gasteiger partial charge in [0.15, 0.2) is 17.4 Å². The van der Waals surface area contributed by atoms with Crippen molar-refractivity contribution in [1.29, 1.82) is 0 Å². The normalized spacial score (nSPS) is 25.3. The van der Waals surface area contributed by atoms with Gasteiger partial charge in [-0.3, -0.25) is 0 Å². The molecule has 0 radical (unpaired) electrons. The molecule has 220 valence electrons. The summed E-state index contributed by atoms with van der Waals surface area (Å²) in [5, 5.41) is 4.22. The molecule has 4 unspecified atom stereocenters. The van der Waals surface area contributed by atoms with Crippen molar-refractivity contribution < 1.29 is 31.4 Å². The average molecular weight is 579 g/mol. The Morgan fingerprint density at radius 3 is 2.61 bits per heavy atom. The Labute approximate surface area is 233 Å². The molecule has 0 amide bonds. The van der Waals surface area contributed by atoms with Crippen molar-refractivity contribution in [3.05, 3.63) is 35.0 Å². The van der Waals surface area contributed by atoms with Crippen LogP contribution >= 0.6 is 0 Å². The molecule has 0 spiro atoms. The number of halogens is 5. The zero-order valence-corrected chi connectivity index (χ0v) is 23.3. The molecule has 2 aromatic heterocycles. The molecule has 0 aliphatic carbocycles. The second-order valence-electron chi connectivity index (χ2n) is 11.7. The van der Waals surface area contributed by atoms with Crippen molar-refractivity contribution in [3.8, 4) is 22.9 Å². The van der Waals surface area contributed by atoms with Crippen LogP contribution in [0.2, 0.25) is 0 Å². The number of aromatic nitrogens is 2. The van der Waals surface area contributed by atoms with Crippen LogP contribution in [0.25, 0.3) is 22.0 Å². The van der Waals surface area contributed by atoms with Crippen LogP contribution in [0.15, 0.2) is 12.1 Å². The summed E-state index contributed by atoms with van der Waals surface area (Å²) in [4.78, 5) is 13.6. The third kappa shape index (κ3) is 4.49. The number of nitrogen functional groups attached to an aromatic ring is 1. The number of fused-ring (bicyclic) bond motifs is 5. The minimum atomic E-state index is -5.24. The van der Waals surface area contributed by atoms with Gasteiger partial charge in [-0.25, -0.2) is 18.7 Å². The van der Waals surface area contributed by atoms with Gasteiger partial charge in [0.2, 0.25) is 5.88 Å². The quantitative estimate of drug-likeness (QED) is 0.341. The molecule has 4 atom stereocenters. The SMILES string of the molecule is Cc1nc2c3c(nc(-c4cc(N)cc(F)c4OC(F)(F)F)c(F)c3c1C)OC(C)C1C3CCC(CN(C)C)(CN21)N3. The average Bonchev–Trinajstić information content (AvgIpc) is 3.12. The van der Waals surface area contributed by atoms with Gasteiger partial charge >= 0.3 is 6.36 Å². The topological polar surface area (TPSA) is 88.8 Å². The summed E-state index contributed by atoms with van der Waals surface area (Å²) in [7, 11) is 4.03. The predicted molar refractivity (Wildman–Crippen MR) is 144 cm³/mol. The number of anilines is 2. The Morgan fingerprint density at radius 1 is 1.20 bits per heavy atom. The van der Waals surface area contributed by atoms with Crippen LogP contribution in [-0.4, -0.2) is 72.1 Å². The van der Waals surface area contributed by atoms with E-state index in [0.717, 1.165) is 25.5 Å². The van der Waals surface area contributed by atoms with E-state index in [-0.39, 0.29) is 34.6 Å². The molecule has 13 heteroatoms. The summed E-state index contributed by atoms with van der Waals surface area (Å²) in [5.74, 6) is -3.05. The fourth-order valence-corrected chi connectivity index (χ4v) is 6.88. The van der Waals surface area contributed by atoms with E-state index in [1.807, 2.05) is 21.0 Å². The predicted octanol–water partition coefficient (Wildman–Crippen LogP) is 4.69. The zero-order chi connectivity index (χ0) is 29.6. The standard InChI is InChI=1S/C28H31F5N6O2/c1-12-13(2)35-25-20-19(12)21(30)22(16-8-15(34)9-17(29)24(16)41-28(31,32)33)36-26(20)40-14(3)23-18-6-7-27(37-18,10-38(4)5)11-39(23)25/h8-9,14,18,23,37H,6-7,10-11,34H2,1-5H3. The van der Waals surface area contributed by atoms with Crippen molar-refractivity contribution in [3.63, 3.8) is 0 Å². The number of aryl methyl sites for hydroxylation is 2. The third-order valence-corrected chi connectivity index (χ3v) is 8.40. The van der Waals surface area contributed by atoms with Crippen molar-refractivity contribution in [1.82, 2.24) is 20.2 Å². The van der Waals surface area contributed by atoms with Crippen LogP contribution in [-0.2, 0) is 0 Å². The maximum Gasteiger partial charge on any atom is 0.573 e. The number of alkyl halides is 3. The first-order valence-electron chi connectivity index (χ1n) is 13.4. The van der Waals surface area contributed by atoms with Gasteiger partial charge in [-0.15, -0.1) is 13.2 Å². The highest BCUT2D eigenvalue weighted by atomic mass is 19.4. The van der Waals surface area contributed by atoms with Gasteiger partial charge < -0.3 is 30.3 Å². The summed E-state index contributed by atoms with van der Waals surface area (Å²) in [6, 6.07) is 1.58. The number of hydrogen-bond acceptors (Lipinski definition) is 8. The molecule has 3 N–H and O–H groups in total. The van der Waals surface area contributed by atoms with Crippen LogP contribution in [0.1, 0.15) is 31.0 Å². The first-order chi connectivity index (χ1) is 19.2. The van der Waals surface area contributed by atoms with Crippen LogP contribution in [0.4, 0.5) is 33.5 Å². The van der Waals surface area contributed by atoms with Crippen LogP contribution in [0, 0.1) is 25.5 Å². The molecule has 0 saturated carbocycles. The summed E-state index contributed by atoms with van der Waals surface area (Å²) in [6.07, 6.45) is -3.83. The Kier molecular flexibility index (Phi) is 6.27. The van der Waals surface area contributed by atoms with Gasteiger partial charge in [0.1, 0.15) is 17.6 Å². The molecule has 6 rings (SSSR count). The van der Waals surface area contributed by atoms with Crippen molar-refractivity contribution in [2.24, 2.45) is 0 Å². The molecule has 41 heavy (non-hydrogen) atoms. The summed E-state index contributed by atoms with van der Waals surface area (Å²) < 4.78 is 81.6. The number of ether oxygens (including phenoxy) is 2. The Balaban J connectivity index is 1.61. The van der Waals surface area contributed by atoms with Gasteiger partial charge in [-0.1, -0.05) is 0 Å². The van der Waals surface area contributed by atoms with E-state index in [2.05, 4.69) is 24.8 Å². The fraction of sp³-hybridized carbons (Fsp3) is 0.500. The first-order valence-corrected chi connectivity index (χ1v) is 13.4. The first kappa shape index (κ1) is 27.7. The van der Waals surface area contributed by atoms with E-state index in [1.165, 1.54) is 0 Å². The monoisotopic (exact) mass is 578 g/mol. The molecule has 2 fully saturated rings. The van der Waals surface area contributed by atoms with Crippen LogP contribution in [0.3, 0.4) is 0 Å². The molecule has 2 bridgehead atoms. The lowest BCUT2D eigenvalue weighted by molar-refractivity contribution is -0.275. The van der Waals surface area contributed by atoms with Crippen LogP contribution in [0.5, 0.6) is 11.6 Å². The highest BCUT2D eigenvalue weighted by molar-refractivity contribution is 6.02. The lowest BCUT2D eigenvalue weighted by atomic mass is 9.93. The highest BCUT2D eigenvalue weighted by Gasteiger charge is 2.53. The van der Waals surface area contributed by atoms with E-state index in [4.69, 9.17) is 15.5 Å². The number of piperazine rings is 1. The van der Waals surface area contributed by atoms with Crippen molar-refractivity contribution in [2.75, 3.05) is 37.8 Å². The number of rotatable bonds is 4. The maximum absolute atomic E-state index is 16.6. The van der Waals surface area contributed by atoms with Crippen molar-refractivity contribution in [2.45, 2.75) is 63.7 Å². The van der Waals surface area contributed by atoms with E-state index >= 15 is 4.39 Å². The summed E-state index contributed by atoms with van der Waals surface area (Å²) >= 11 is 0. The molecule has 2 saturated heterocycles. The number of nitrogens with two attached hydrogens (primary N) is 1. The lowest BCUT2D eigenvalue weighted by Gasteiger charge is -2.48.